The second-order valence-corrected chi connectivity index (χ2v) is 12.2. The number of allylic oxidation sites excluding steroid dienone is 3. The average Bonchev–Trinajstić information content (AvgIpc) is 2.81. The molecule has 0 unspecified atom stereocenters. The van der Waals surface area contributed by atoms with Gasteiger partial charge in [-0.3, -0.25) is 0 Å². The predicted molar refractivity (Wildman–Crippen MR) is 138 cm³/mol. The zero-order chi connectivity index (χ0) is 22.1. The van der Waals surface area contributed by atoms with E-state index in [0.717, 1.165) is 47.3 Å². The van der Waals surface area contributed by atoms with E-state index in [0.29, 0.717) is 0 Å². The first-order valence-electron chi connectivity index (χ1n) is 14.3. The van der Waals surface area contributed by atoms with Crippen LogP contribution >= 0.6 is 0 Å². The van der Waals surface area contributed by atoms with E-state index in [-0.39, 0.29) is 0 Å². The lowest BCUT2D eigenvalue weighted by atomic mass is 9.69. The van der Waals surface area contributed by atoms with Gasteiger partial charge < -0.3 is 0 Å². The highest BCUT2D eigenvalue weighted by atomic mass is 14.4. The summed E-state index contributed by atoms with van der Waals surface area (Å²) in [7, 11) is 0. The Morgan fingerprint density at radius 3 is 1.13 bits per heavy atom. The molecule has 0 amide bonds. The fourth-order valence-electron chi connectivity index (χ4n) is 7.45. The highest BCUT2D eigenvalue weighted by Gasteiger charge is 2.30. The molecule has 0 heteroatoms. The van der Waals surface area contributed by atoms with Crippen LogP contribution in [-0.2, 0) is 0 Å². The van der Waals surface area contributed by atoms with Crippen LogP contribution in [0.5, 0.6) is 0 Å². The molecule has 4 saturated carbocycles. The molecule has 0 heterocycles. The Bertz CT molecular complexity index is 498. The van der Waals surface area contributed by atoms with E-state index in [1.165, 1.54) is 103 Å². The third-order valence-corrected chi connectivity index (χ3v) is 9.89. The molecule has 0 aliphatic heterocycles. The topological polar surface area (TPSA) is 0 Å². The van der Waals surface area contributed by atoms with Gasteiger partial charge in [-0.15, -0.1) is 6.58 Å². The summed E-state index contributed by atoms with van der Waals surface area (Å²) in [5.41, 5.74) is 0. The van der Waals surface area contributed by atoms with Crippen LogP contribution in [0.4, 0.5) is 0 Å². The summed E-state index contributed by atoms with van der Waals surface area (Å²) in [5.74, 6) is 8.06. The van der Waals surface area contributed by atoms with Crippen LogP contribution in [0, 0.1) is 47.3 Å². The van der Waals surface area contributed by atoms with E-state index in [9.17, 15) is 0 Å². The lowest BCUT2D eigenvalue weighted by molar-refractivity contribution is 0.160. The van der Waals surface area contributed by atoms with Gasteiger partial charge in [0.2, 0.25) is 0 Å². The van der Waals surface area contributed by atoms with E-state index in [1.807, 2.05) is 0 Å². The van der Waals surface area contributed by atoms with Crippen molar-refractivity contribution in [2.75, 3.05) is 0 Å². The molecular weight excluding hydrogens is 372 g/mol. The van der Waals surface area contributed by atoms with Crippen molar-refractivity contribution in [1.29, 1.82) is 0 Å². The van der Waals surface area contributed by atoms with Gasteiger partial charge in [0, 0.05) is 0 Å². The Labute approximate surface area is 195 Å². The van der Waals surface area contributed by atoms with E-state index in [2.05, 4.69) is 45.6 Å². The normalized spacial score (nSPS) is 41.9. The summed E-state index contributed by atoms with van der Waals surface area (Å²) in [6.45, 7) is 10.9. The summed E-state index contributed by atoms with van der Waals surface area (Å²) < 4.78 is 0. The maximum Gasteiger partial charge on any atom is -0.0233 e. The maximum absolute atomic E-state index is 3.93. The number of rotatable bonds is 4. The smallest absolute Gasteiger partial charge is 0.0233 e. The van der Waals surface area contributed by atoms with Gasteiger partial charge in [-0.2, -0.15) is 0 Å². The van der Waals surface area contributed by atoms with Crippen LogP contribution < -0.4 is 0 Å². The van der Waals surface area contributed by atoms with Crippen molar-refractivity contribution in [2.24, 2.45) is 47.3 Å². The third-order valence-electron chi connectivity index (χ3n) is 9.89. The fourth-order valence-corrected chi connectivity index (χ4v) is 7.45. The van der Waals surface area contributed by atoms with E-state index in [1.54, 1.807) is 0 Å². The Morgan fingerprint density at radius 1 is 0.484 bits per heavy atom. The molecule has 0 saturated heterocycles. The van der Waals surface area contributed by atoms with Gasteiger partial charge >= 0.3 is 0 Å². The van der Waals surface area contributed by atoms with Crippen LogP contribution in [0.2, 0.25) is 0 Å². The van der Waals surface area contributed by atoms with Gasteiger partial charge in [0.1, 0.15) is 0 Å². The van der Waals surface area contributed by atoms with Crippen LogP contribution in [-0.4, -0.2) is 0 Å². The molecule has 0 aromatic carbocycles. The first-order valence-corrected chi connectivity index (χ1v) is 14.3. The molecule has 0 aromatic heterocycles. The van der Waals surface area contributed by atoms with Crippen molar-refractivity contribution in [2.45, 2.75) is 124 Å². The lowest BCUT2D eigenvalue weighted by Gasteiger charge is -2.36. The van der Waals surface area contributed by atoms with Crippen molar-refractivity contribution >= 4 is 0 Å². The predicted octanol–water partition coefficient (Wildman–Crippen LogP) is 10.0. The third kappa shape index (κ3) is 8.08. The highest BCUT2D eigenvalue weighted by molar-refractivity contribution is 4.90. The standard InChI is InChI=1S/C16H28.C15H26/c1-3-4-14-7-11-16(12-8-14)15-9-5-13(2)6-10-15;1-3-13-6-10-15(11-7-13)14-8-4-12(2)5-9-14/h3-4,13-16H,5-12H2,1-2H3;3,12-15H,1,4-11H2,2H3. The number of hydrogen-bond donors (Lipinski definition) is 0. The minimum absolute atomic E-state index is 0.837. The first-order chi connectivity index (χ1) is 15.1. The zero-order valence-electron chi connectivity index (χ0n) is 21.4. The molecule has 31 heavy (non-hydrogen) atoms. The Kier molecular flexibility index (Phi) is 10.7. The summed E-state index contributed by atoms with van der Waals surface area (Å²) in [4.78, 5) is 0. The molecule has 0 radical (unpaired) electrons. The molecule has 0 aromatic rings. The van der Waals surface area contributed by atoms with Gasteiger partial charge in [-0.25, -0.2) is 0 Å². The Balaban J connectivity index is 0.000000176. The molecule has 0 spiro atoms. The largest absolute Gasteiger partial charge is 0.103 e. The van der Waals surface area contributed by atoms with Crippen LogP contribution in [0.1, 0.15) is 124 Å². The van der Waals surface area contributed by atoms with Gasteiger partial charge in [0.05, 0.1) is 0 Å². The number of hydrogen-bond acceptors (Lipinski definition) is 0. The summed E-state index contributed by atoms with van der Waals surface area (Å²) >= 11 is 0. The molecule has 4 rings (SSSR count). The van der Waals surface area contributed by atoms with Crippen LogP contribution in [0.25, 0.3) is 0 Å². The molecule has 4 aliphatic rings. The van der Waals surface area contributed by atoms with Crippen molar-refractivity contribution in [3.05, 3.63) is 24.8 Å². The highest BCUT2D eigenvalue weighted by Crippen LogP contribution is 2.42. The van der Waals surface area contributed by atoms with Gasteiger partial charge in [0.15, 0.2) is 0 Å². The fraction of sp³-hybridized carbons (Fsp3) is 0.871. The molecule has 178 valence electrons. The quantitative estimate of drug-likeness (QED) is 0.392. The van der Waals surface area contributed by atoms with Crippen molar-refractivity contribution in [3.8, 4) is 0 Å². The van der Waals surface area contributed by atoms with Crippen LogP contribution in [0.15, 0.2) is 24.8 Å². The maximum atomic E-state index is 3.93. The minimum Gasteiger partial charge on any atom is -0.103 e. The van der Waals surface area contributed by atoms with Gasteiger partial charge in [-0.1, -0.05) is 57.8 Å². The van der Waals surface area contributed by atoms with Gasteiger partial charge in [-0.05, 0) is 131 Å². The zero-order valence-corrected chi connectivity index (χ0v) is 21.4. The Hall–Kier alpha value is -0.520. The molecule has 0 nitrogen and oxygen atoms in total. The van der Waals surface area contributed by atoms with Gasteiger partial charge in [0.25, 0.3) is 0 Å². The molecule has 4 aliphatic carbocycles. The van der Waals surface area contributed by atoms with E-state index in [4.69, 9.17) is 0 Å². The van der Waals surface area contributed by atoms with Crippen LogP contribution in [0.3, 0.4) is 0 Å². The second-order valence-electron chi connectivity index (χ2n) is 12.2. The molecule has 0 atom stereocenters. The molecule has 4 fully saturated rings. The lowest BCUT2D eigenvalue weighted by Crippen LogP contribution is -2.24. The van der Waals surface area contributed by atoms with Crippen molar-refractivity contribution < 1.29 is 0 Å². The summed E-state index contributed by atoms with van der Waals surface area (Å²) in [6, 6.07) is 0. The Morgan fingerprint density at radius 2 is 0.806 bits per heavy atom. The summed E-state index contributed by atoms with van der Waals surface area (Å²) in [5, 5.41) is 0. The molecular formula is C31H54. The monoisotopic (exact) mass is 426 g/mol. The van der Waals surface area contributed by atoms with E-state index >= 15 is 0 Å². The van der Waals surface area contributed by atoms with Crippen molar-refractivity contribution in [1.82, 2.24) is 0 Å². The second kappa shape index (κ2) is 13.3. The molecule has 0 bridgehead atoms. The molecule has 0 N–H and O–H groups in total. The average molecular weight is 427 g/mol. The van der Waals surface area contributed by atoms with E-state index < -0.39 is 0 Å². The minimum atomic E-state index is 0.837. The van der Waals surface area contributed by atoms with Crippen molar-refractivity contribution in [3.63, 3.8) is 0 Å². The SMILES string of the molecule is C=CC1CCC(C2CCC(C)CC2)CC1.CC=CC1CCC(C2CCC(C)CC2)CC1. The summed E-state index contributed by atoms with van der Waals surface area (Å²) in [6.07, 6.45) is 30.7. The first kappa shape index (κ1) is 25.1.